The van der Waals surface area contributed by atoms with E-state index in [9.17, 15) is 4.79 Å². The van der Waals surface area contributed by atoms with E-state index >= 15 is 0 Å². The first-order chi connectivity index (χ1) is 7.48. The maximum absolute atomic E-state index is 12.0. The summed E-state index contributed by atoms with van der Waals surface area (Å²) in [4.78, 5) is 14.0. The number of amides is 1. The summed E-state index contributed by atoms with van der Waals surface area (Å²) in [6, 6.07) is 0. The van der Waals surface area contributed by atoms with Crippen molar-refractivity contribution in [1.29, 1.82) is 0 Å². The Bertz CT molecular complexity index is 243. The van der Waals surface area contributed by atoms with Crippen molar-refractivity contribution >= 4 is 18.3 Å². The lowest BCUT2D eigenvalue weighted by Gasteiger charge is -2.38. The molecule has 0 aliphatic carbocycles. The molecule has 1 aliphatic heterocycles. The van der Waals surface area contributed by atoms with Gasteiger partial charge in [0.25, 0.3) is 0 Å². The Morgan fingerprint density at radius 2 is 2.18 bits per heavy atom. The molecule has 0 saturated carbocycles. The lowest BCUT2D eigenvalue weighted by Crippen LogP contribution is -2.45. The van der Waals surface area contributed by atoms with Crippen molar-refractivity contribution < 1.29 is 9.53 Å². The number of nitrogens with two attached hydrogens (primary N) is 1. The van der Waals surface area contributed by atoms with Crippen LogP contribution >= 0.6 is 12.4 Å². The Kier molecular flexibility index (Phi) is 7.05. The van der Waals surface area contributed by atoms with Gasteiger partial charge in [-0.25, -0.2) is 0 Å². The number of hydrogen-bond donors (Lipinski definition) is 1. The third-order valence-electron chi connectivity index (χ3n) is 3.25. The summed E-state index contributed by atoms with van der Waals surface area (Å²) in [7, 11) is 1.60. The summed E-state index contributed by atoms with van der Waals surface area (Å²) >= 11 is 0. The van der Waals surface area contributed by atoms with Crippen LogP contribution in [0.25, 0.3) is 0 Å². The first-order valence-corrected chi connectivity index (χ1v) is 5.99. The van der Waals surface area contributed by atoms with Crippen LogP contribution in [0, 0.1) is 5.41 Å². The number of nitrogens with zero attached hydrogens (tertiary/aromatic N) is 1. The quantitative estimate of drug-likeness (QED) is 0.836. The van der Waals surface area contributed by atoms with Gasteiger partial charge in [-0.2, -0.15) is 0 Å². The van der Waals surface area contributed by atoms with Gasteiger partial charge < -0.3 is 15.4 Å². The minimum absolute atomic E-state index is 0. The Morgan fingerprint density at radius 1 is 1.53 bits per heavy atom. The van der Waals surface area contributed by atoms with Gasteiger partial charge in [-0.1, -0.05) is 13.8 Å². The average molecular weight is 265 g/mol. The lowest BCUT2D eigenvalue weighted by atomic mass is 9.84. The van der Waals surface area contributed by atoms with Crippen molar-refractivity contribution in [3.05, 3.63) is 0 Å². The number of carbonyl (C=O) groups is 1. The van der Waals surface area contributed by atoms with Crippen LogP contribution in [0.2, 0.25) is 0 Å². The SMILES string of the molecule is COC(CN)CC(=O)N1CCCC(C)(C)C1.Cl. The summed E-state index contributed by atoms with van der Waals surface area (Å²) in [6.45, 7) is 6.56. The van der Waals surface area contributed by atoms with E-state index in [0.717, 1.165) is 19.5 Å². The summed E-state index contributed by atoms with van der Waals surface area (Å²) < 4.78 is 5.14. The van der Waals surface area contributed by atoms with Crippen LogP contribution in [-0.4, -0.2) is 43.7 Å². The maximum Gasteiger partial charge on any atom is 0.225 e. The van der Waals surface area contributed by atoms with Crippen LogP contribution in [0.1, 0.15) is 33.1 Å². The Hall–Kier alpha value is -0.320. The number of hydrogen-bond acceptors (Lipinski definition) is 3. The Morgan fingerprint density at radius 3 is 2.65 bits per heavy atom. The molecule has 102 valence electrons. The van der Waals surface area contributed by atoms with Crippen molar-refractivity contribution in [1.82, 2.24) is 4.90 Å². The molecule has 4 nitrogen and oxygen atoms in total. The monoisotopic (exact) mass is 264 g/mol. The van der Waals surface area contributed by atoms with Gasteiger partial charge in [0.15, 0.2) is 0 Å². The lowest BCUT2D eigenvalue weighted by molar-refractivity contribution is -0.136. The molecule has 1 fully saturated rings. The van der Waals surface area contributed by atoms with E-state index in [1.54, 1.807) is 7.11 Å². The first kappa shape index (κ1) is 16.7. The zero-order valence-electron chi connectivity index (χ0n) is 11.1. The molecule has 17 heavy (non-hydrogen) atoms. The third-order valence-corrected chi connectivity index (χ3v) is 3.25. The largest absolute Gasteiger partial charge is 0.380 e. The number of methoxy groups -OCH3 is 1. The second-order valence-corrected chi connectivity index (χ2v) is 5.38. The summed E-state index contributed by atoms with van der Waals surface area (Å²) in [5.41, 5.74) is 5.77. The van der Waals surface area contributed by atoms with Crippen LogP contribution in [-0.2, 0) is 9.53 Å². The highest BCUT2D eigenvalue weighted by Crippen LogP contribution is 2.28. The van der Waals surface area contributed by atoms with Gasteiger partial charge in [0.2, 0.25) is 5.91 Å². The van der Waals surface area contributed by atoms with Crippen LogP contribution < -0.4 is 5.73 Å². The van der Waals surface area contributed by atoms with E-state index in [2.05, 4.69) is 13.8 Å². The molecule has 0 bridgehead atoms. The molecular weight excluding hydrogens is 240 g/mol. The molecule has 0 spiro atoms. The van der Waals surface area contributed by atoms with Gasteiger partial charge in [0, 0.05) is 26.7 Å². The molecule has 0 aromatic heterocycles. The van der Waals surface area contributed by atoms with Crippen molar-refractivity contribution in [2.24, 2.45) is 11.1 Å². The molecule has 1 aliphatic rings. The first-order valence-electron chi connectivity index (χ1n) is 5.99. The fourth-order valence-electron chi connectivity index (χ4n) is 2.22. The smallest absolute Gasteiger partial charge is 0.225 e. The van der Waals surface area contributed by atoms with Gasteiger partial charge in [-0.15, -0.1) is 12.4 Å². The van der Waals surface area contributed by atoms with Gasteiger partial charge in [-0.3, -0.25) is 4.79 Å². The molecule has 1 unspecified atom stereocenters. The molecule has 5 heteroatoms. The zero-order valence-corrected chi connectivity index (χ0v) is 11.9. The van der Waals surface area contributed by atoms with Crippen LogP contribution in [0.15, 0.2) is 0 Å². The highest BCUT2D eigenvalue weighted by molar-refractivity contribution is 5.85. The van der Waals surface area contributed by atoms with E-state index in [1.807, 2.05) is 4.90 Å². The van der Waals surface area contributed by atoms with Crippen LogP contribution in [0.4, 0.5) is 0 Å². The summed E-state index contributed by atoms with van der Waals surface area (Å²) in [5, 5.41) is 0. The summed E-state index contributed by atoms with van der Waals surface area (Å²) in [5.74, 6) is 0.171. The molecule has 2 N–H and O–H groups in total. The van der Waals surface area contributed by atoms with Crippen LogP contribution in [0.3, 0.4) is 0 Å². The molecule has 1 rings (SSSR count). The second kappa shape index (κ2) is 7.19. The van der Waals surface area contributed by atoms with E-state index < -0.39 is 0 Å². The zero-order chi connectivity index (χ0) is 12.2. The van der Waals surface area contributed by atoms with Gasteiger partial charge in [0.1, 0.15) is 0 Å². The minimum atomic E-state index is -0.141. The molecule has 1 amide bonds. The fraction of sp³-hybridized carbons (Fsp3) is 0.917. The average Bonchev–Trinajstić information content (AvgIpc) is 2.24. The van der Waals surface area contributed by atoms with Crippen molar-refractivity contribution in [2.45, 2.75) is 39.2 Å². The number of carbonyl (C=O) groups excluding carboxylic acids is 1. The second-order valence-electron chi connectivity index (χ2n) is 5.38. The molecular formula is C12H25ClN2O2. The predicted octanol–water partition coefficient (Wildman–Crippen LogP) is 1.42. The highest BCUT2D eigenvalue weighted by Gasteiger charge is 2.29. The number of ether oxygens (including phenoxy) is 1. The van der Waals surface area contributed by atoms with Gasteiger partial charge in [-0.05, 0) is 18.3 Å². The van der Waals surface area contributed by atoms with E-state index in [0.29, 0.717) is 13.0 Å². The highest BCUT2D eigenvalue weighted by atomic mass is 35.5. The summed E-state index contributed by atoms with van der Waals surface area (Å²) in [6.07, 6.45) is 2.56. The number of halogens is 1. The van der Waals surface area contributed by atoms with Gasteiger partial charge in [0.05, 0.1) is 12.5 Å². The maximum atomic E-state index is 12.0. The number of piperidine rings is 1. The van der Waals surface area contributed by atoms with Crippen molar-refractivity contribution in [2.75, 3.05) is 26.7 Å². The fourth-order valence-corrected chi connectivity index (χ4v) is 2.22. The Balaban J connectivity index is 0.00000256. The molecule has 0 aromatic rings. The van der Waals surface area contributed by atoms with Crippen LogP contribution in [0.5, 0.6) is 0 Å². The van der Waals surface area contributed by atoms with E-state index in [1.165, 1.54) is 6.42 Å². The molecule has 1 atom stereocenters. The standard InChI is InChI=1S/C12H24N2O2.ClH/c1-12(2)5-4-6-14(9-12)11(15)7-10(8-13)16-3;/h10H,4-9,13H2,1-3H3;1H. The molecule has 0 radical (unpaired) electrons. The van der Waals surface area contributed by atoms with E-state index in [4.69, 9.17) is 10.5 Å². The number of likely N-dealkylation sites (tertiary alicyclic amines) is 1. The van der Waals surface area contributed by atoms with Gasteiger partial charge >= 0.3 is 0 Å². The topological polar surface area (TPSA) is 55.6 Å². The van der Waals surface area contributed by atoms with Crippen molar-refractivity contribution in [3.8, 4) is 0 Å². The third kappa shape index (κ3) is 5.23. The number of rotatable bonds is 4. The van der Waals surface area contributed by atoms with E-state index in [-0.39, 0.29) is 29.8 Å². The van der Waals surface area contributed by atoms with Crippen molar-refractivity contribution in [3.63, 3.8) is 0 Å². The minimum Gasteiger partial charge on any atom is -0.380 e. The molecule has 0 aromatic carbocycles. The normalized spacial score (nSPS) is 20.6. The molecule has 1 heterocycles. The molecule has 1 saturated heterocycles. The predicted molar refractivity (Wildman–Crippen MR) is 71.3 cm³/mol. The Labute approximate surface area is 110 Å².